The van der Waals surface area contributed by atoms with Gasteiger partial charge in [-0.2, -0.15) is 0 Å². The van der Waals surface area contributed by atoms with E-state index in [1.54, 1.807) is 6.20 Å². The van der Waals surface area contributed by atoms with Crippen LogP contribution in [0.1, 0.15) is 48.9 Å². The number of hydrogen-bond donors (Lipinski definition) is 1. The summed E-state index contributed by atoms with van der Waals surface area (Å²) in [5.41, 5.74) is 1.71. The minimum atomic E-state index is -3.55. The van der Waals surface area contributed by atoms with E-state index < -0.39 is 9.84 Å². The van der Waals surface area contributed by atoms with Crippen molar-refractivity contribution < 1.29 is 13.2 Å². The van der Waals surface area contributed by atoms with Crippen LogP contribution in [0.3, 0.4) is 0 Å². The molecule has 0 amide bonds. The lowest BCUT2D eigenvalue weighted by molar-refractivity contribution is 0.143. The fraction of sp³-hybridized carbons (Fsp3) is 0.550. The molecule has 0 spiro atoms. The van der Waals surface area contributed by atoms with E-state index in [1.165, 1.54) is 19.3 Å². The van der Waals surface area contributed by atoms with Gasteiger partial charge in [-0.3, -0.25) is 14.7 Å². The molecule has 0 unspecified atom stereocenters. The van der Waals surface area contributed by atoms with Crippen LogP contribution in [0.25, 0.3) is 0 Å². The number of H-pyrrole nitrogens is 1. The fourth-order valence-electron chi connectivity index (χ4n) is 4.00. The number of sulfone groups is 1. The fourth-order valence-corrected chi connectivity index (χ4v) is 4.56. The highest BCUT2D eigenvalue weighted by Crippen LogP contribution is 2.26. The van der Waals surface area contributed by atoms with Crippen LogP contribution in [-0.4, -0.2) is 47.2 Å². The summed E-state index contributed by atoms with van der Waals surface area (Å²) in [7, 11) is -3.55. The number of nitrogens with zero attached hydrogens (tertiary/aromatic N) is 3. The van der Waals surface area contributed by atoms with E-state index in [0.29, 0.717) is 43.2 Å². The molecule has 9 heteroatoms. The molecule has 2 aromatic heterocycles. The van der Waals surface area contributed by atoms with E-state index >= 15 is 0 Å². The second-order valence-electron chi connectivity index (χ2n) is 7.87. The summed E-state index contributed by atoms with van der Waals surface area (Å²) in [5.74, 6) is 0.671. The summed E-state index contributed by atoms with van der Waals surface area (Å²) >= 11 is 0. The third-order valence-electron chi connectivity index (χ3n) is 5.55. The van der Waals surface area contributed by atoms with Crippen LogP contribution in [0.15, 0.2) is 28.3 Å². The first kappa shape index (κ1) is 20.0. The monoisotopic (exact) mass is 418 g/mol. The lowest BCUT2D eigenvalue weighted by Gasteiger charge is -2.29. The van der Waals surface area contributed by atoms with Crippen molar-refractivity contribution in [1.82, 2.24) is 19.9 Å². The molecule has 1 aliphatic heterocycles. The van der Waals surface area contributed by atoms with Crippen LogP contribution in [-0.2, 0) is 29.3 Å². The second-order valence-corrected chi connectivity index (χ2v) is 9.81. The number of fused-ring (bicyclic) bond motifs is 1. The Morgan fingerprint density at radius 1 is 1.28 bits per heavy atom. The minimum Gasteiger partial charge on any atom is -0.474 e. The van der Waals surface area contributed by atoms with Crippen LogP contribution >= 0.6 is 0 Å². The summed E-state index contributed by atoms with van der Waals surface area (Å²) in [5, 5.41) is -0.259. The molecule has 0 aromatic carbocycles. The molecule has 0 saturated heterocycles. The van der Waals surface area contributed by atoms with Crippen molar-refractivity contribution in [2.45, 2.75) is 62.9 Å². The molecular formula is C20H26N4O4S. The Morgan fingerprint density at radius 2 is 2.07 bits per heavy atom. The molecule has 1 saturated carbocycles. The zero-order valence-corrected chi connectivity index (χ0v) is 17.4. The van der Waals surface area contributed by atoms with Gasteiger partial charge >= 0.3 is 0 Å². The van der Waals surface area contributed by atoms with Gasteiger partial charge in [-0.25, -0.2) is 18.4 Å². The molecule has 3 heterocycles. The molecule has 0 bridgehead atoms. The summed E-state index contributed by atoms with van der Waals surface area (Å²) < 4.78 is 29.6. The SMILES string of the molecule is CS(=O)(=O)c1nc2c(c(=O)[nH]1)CN(Cc1cccnc1OC1CCCCC1)CC2. The quantitative estimate of drug-likeness (QED) is 0.739. The predicted molar refractivity (Wildman–Crippen MR) is 108 cm³/mol. The van der Waals surface area contributed by atoms with Crippen molar-refractivity contribution in [2.75, 3.05) is 12.8 Å². The zero-order valence-electron chi connectivity index (χ0n) is 16.6. The second kappa shape index (κ2) is 8.23. The molecule has 8 nitrogen and oxygen atoms in total. The lowest BCUT2D eigenvalue weighted by Crippen LogP contribution is -2.36. The average Bonchev–Trinajstić information content (AvgIpc) is 2.70. The summed E-state index contributed by atoms with van der Waals surface area (Å²) in [6.45, 7) is 1.71. The Kier molecular flexibility index (Phi) is 5.69. The number of aromatic amines is 1. The van der Waals surface area contributed by atoms with Crippen LogP contribution in [0.4, 0.5) is 0 Å². The van der Waals surface area contributed by atoms with Crippen molar-refractivity contribution >= 4 is 9.84 Å². The number of pyridine rings is 1. The van der Waals surface area contributed by atoms with Gasteiger partial charge in [0.25, 0.3) is 5.56 Å². The summed E-state index contributed by atoms with van der Waals surface area (Å²) in [6.07, 6.45) is 9.33. The lowest BCUT2D eigenvalue weighted by atomic mass is 9.98. The molecule has 0 atom stereocenters. The maximum absolute atomic E-state index is 12.4. The van der Waals surface area contributed by atoms with E-state index in [4.69, 9.17) is 4.74 Å². The maximum atomic E-state index is 12.4. The summed E-state index contributed by atoms with van der Waals surface area (Å²) in [4.78, 5) is 25.6. The van der Waals surface area contributed by atoms with E-state index in [1.807, 2.05) is 12.1 Å². The molecular weight excluding hydrogens is 392 g/mol. The van der Waals surface area contributed by atoms with Gasteiger partial charge in [0.05, 0.1) is 11.3 Å². The number of nitrogens with one attached hydrogen (secondary N) is 1. The number of rotatable bonds is 5. The molecule has 1 N–H and O–H groups in total. The van der Waals surface area contributed by atoms with Crippen molar-refractivity contribution in [1.29, 1.82) is 0 Å². The normalized spacial score (nSPS) is 18.4. The zero-order chi connectivity index (χ0) is 20.4. The van der Waals surface area contributed by atoms with Gasteiger partial charge < -0.3 is 4.74 Å². The molecule has 1 aliphatic carbocycles. The average molecular weight is 419 g/mol. The smallest absolute Gasteiger partial charge is 0.256 e. The Labute approximate surface area is 170 Å². The molecule has 29 heavy (non-hydrogen) atoms. The first-order valence-electron chi connectivity index (χ1n) is 10.0. The van der Waals surface area contributed by atoms with Crippen LogP contribution in [0, 0.1) is 0 Å². The van der Waals surface area contributed by atoms with Crippen molar-refractivity contribution in [3.8, 4) is 5.88 Å². The van der Waals surface area contributed by atoms with Gasteiger partial charge in [-0.05, 0) is 31.7 Å². The van der Waals surface area contributed by atoms with Gasteiger partial charge in [0, 0.05) is 44.1 Å². The Hall–Kier alpha value is -2.26. The predicted octanol–water partition coefficient (Wildman–Crippen LogP) is 1.84. The standard InChI is InChI=1S/C20H26N4O4S/c1-29(26,27)20-22-17-9-11-24(13-16(17)18(25)23-20)12-14-6-5-10-21-19(14)28-15-7-3-2-4-8-15/h5-6,10,15H,2-4,7-9,11-13H2,1H3,(H,22,23,25). The minimum absolute atomic E-state index is 0.223. The third kappa shape index (κ3) is 4.67. The number of aromatic nitrogens is 3. The topological polar surface area (TPSA) is 105 Å². The highest BCUT2D eigenvalue weighted by Gasteiger charge is 2.25. The van der Waals surface area contributed by atoms with E-state index in [-0.39, 0.29) is 16.8 Å². The first-order chi connectivity index (χ1) is 13.9. The van der Waals surface area contributed by atoms with Crippen LogP contribution in [0.5, 0.6) is 5.88 Å². The van der Waals surface area contributed by atoms with Crippen molar-refractivity contribution in [3.05, 3.63) is 45.5 Å². The molecule has 1 fully saturated rings. The molecule has 156 valence electrons. The van der Waals surface area contributed by atoms with E-state index in [2.05, 4.69) is 19.9 Å². The molecule has 0 radical (unpaired) electrons. The van der Waals surface area contributed by atoms with Crippen LogP contribution in [0.2, 0.25) is 0 Å². The Balaban J connectivity index is 1.50. The highest BCUT2D eigenvalue weighted by molar-refractivity contribution is 7.90. The summed E-state index contributed by atoms with van der Waals surface area (Å²) in [6, 6.07) is 3.91. The van der Waals surface area contributed by atoms with Crippen LogP contribution < -0.4 is 10.3 Å². The first-order valence-corrected chi connectivity index (χ1v) is 11.9. The third-order valence-corrected chi connectivity index (χ3v) is 6.45. The van der Waals surface area contributed by atoms with Crippen molar-refractivity contribution in [3.63, 3.8) is 0 Å². The van der Waals surface area contributed by atoms with E-state index in [0.717, 1.165) is 24.7 Å². The Bertz CT molecular complexity index is 1040. The van der Waals surface area contributed by atoms with Crippen molar-refractivity contribution in [2.24, 2.45) is 0 Å². The molecule has 2 aliphatic rings. The van der Waals surface area contributed by atoms with Gasteiger partial charge in [-0.15, -0.1) is 0 Å². The van der Waals surface area contributed by atoms with Gasteiger partial charge in [0.2, 0.25) is 20.9 Å². The van der Waals surface area contributed by atoms with Gasteiger partial charge in [-0.1, -0.05) is 12.5 Å². The van der Waals surface area contributed by atoms with Gasteiger partial charge in [0.15, 0.2) is 0 Å². The van der Waals surface area contributed by atoms with Gasteiger partial charge in [0.1, 0.15) is 6.10 Å². The van der Waals surface area contributed by atoms with E-state index in [9.17, 15) is 13.2 Å². The largest absolute Gasteiger partial charge is 0.474 e. The number of hydrogen-bond acceptors (Lipinski definition) is 7. The number of ether oxygens (including phenoxy) is 1. The Morgan fingerprint density at radius 3 is 2.83 bits per heavy atom. The molecule has 4 rings (SSSR count). The maximum Gasteiger partial charge on any atom is 0.256 e. The highest BCUT2D eigenvalue weighted by atomic mass is 32.2. The molecule has 2 aromatic rings.